The summed E-state index contributed by atoms with van der Waals surface area (Å²) in [5.41, 5.74) is 0. The molecule has 5 heteroatoms. The zero-order valence-corrected chi connectivity index (χ0v) is 12.4. The number of halogens is 1. The van der Waals surface area contributed by atoms with Crippen LogP contribution in [-0.4, -0.2) is 35.3 Å². The summed E-state index contributed by atoms with van der Waals surface area (Å²) in [6, 6.07) is -0.707. The molecule has 1 saturated heterocycles. The van der Waals surface area contributed by atoms with Crippen molar-refractivity contribution in [3.05, 3.63) is 11.1 Å². The van der Waals surface area contributed by atoms with E-state index in [2.05, 4.69) is 27.8 Å². The Balaban J connectivity index is 2.23. The van der Waals surface area contributed by atoms with Crippen LogP contribution in [0.2, 0.25) is 0 Å². The second-order valence-corrected chi connectivity index (χ2v) is 6.62. The van der Waals surface area contributed by atoms with E-state index in [1.54, 1.807) is 4.90 Å². The van der Waals surface area contributed by atoms with Gasteiger partial charge in [-0.2, -0.15) is 0 Å². The smallest absolute Gasteiger partial charge is 0.246 e. The third-order valence-corrected chi connectivity index (χ3v) is 3.77. The van der Waals surface area contributed by atoms with Crippen LogP contribution in [0, 0.1) is 11.8 Å². The van der Waals surface area contributed by atoms with Crippen LogP contribution >= 0.6 is 15.9 Å². The molecular formula is C13H19BrN2O2. The Bertz CT molecular complexity index is 390. The third kappa shape index (κ3) is 2.60. The highest BCUT2D eigenvalue weighted by atomic mass is 79.9. The molecule has 2 amide bonds. The average molecular weight is 315 g/mol. The summed E-state index contributed by atoms with van der Waals surface area (Å²) < 4.78 is 0.728. The number of hydrogen-bond donors (Lipinski definition) is 1. The van der Waals surface area contributed by atoms with Crippen LogP contribution < -0.4 is 5.32 Å². The molecule has 1 N–H and O–H groups in total. The van der Waals surface area contributed by atoms with Gasteiger partial charge in [-0.1, -0.05) is 36.4 Å². The van der Waals surface area contributed by atoms with E-state index in [0.717, 1.165) is 17.3 Å². The summed E-state index contributed by atoms with van der Waals surface area (Å²) in [7, 11) is 0. The molecule has 0 aromatic heterocycles. The van der Waals surface area contributed by atoms with Crippen molar-refractivity contribution in [2.24, 2.45) is 11.8 Å². The van der Waals surface area contributed by atoms with Crippen LogP contribution in [0.4, 0.5) is 0 Å². The fourth-order valence-corrected chi connectivity index (χ4v) is 2.80. The molecule has 0 spiro atoms. The minimum atomic E-state index is -0.387. The van der Waals surface area contributed by atoms with Crippen molar-refractivity contribution in [3.8, 4) is 0 Å². The second-order valence-electron chi connectivity index (χ2n) is 5.50. The van der Waals surface area contributed by atoms with E-state index in [9.17, 15) is 9.59 Å². The monoisotopic (exact) mass is 314 g/mol. The summed E-state index contributed by atoms with van der Waals surface area (Å²) in [6.07, 6.45) is 2.07. The first-order valence-corrected chi connectivity index (χ1v) is 7.15. The molecule has 2 unspecified atom stereocenters. The molecule has 1 aliphatic heterocycles. The van der Waals surface area contributed by atoms with Crippen molar-refractivity contribution >= 4 is 27.7 Å². The fourth-order valence-electron chi connectivity index (χ4n) is 2.53. The second kappa shape index (κ2) is 5.03. The predicted molar refractivity (Wildman–Crippen MR) is 73.1 cm³/mol. The Morgan fingerprint density at radius 2 is 2.11 bits per heavy atom. The van der Waals surface area contributed by atoms with E-state index in [1.165, 1.54) is 0 Å². The van der Waals surface area contributed by atoms with Gasteiger partial charge in [0.25, 0.3) is 0 Å². The number of nitrogens with one attached hydrogen (secondary N) is 1. The van der Waals surface area contributed by atoms with Gasteiger partial charge in [0.1, 0.15) is 12.1 Å². The lowest BCUT2D eigenvalue weighted by Crippen LogP contribution is -2.65. The maximum absolute atomic E-state index is 12.5. The van der Waals surface area contributed by atoms with Gasteiger partial charge >= 0.3 is 0 Å². The van der Waals surface area contributed by atoms with Crippen LogP contribution in [0.25, 0.3) is 0 Å². The Kier molecular flexibility index (Phi) is 3.80. The molecular weight excluding hydrogens is 296 g/mol. The van der Waals surface area contributed by atoms with Crippen molar-refractivity contribution < 1.29 is 9.59 Å². The zero-order valence-electron chi connectivity index (χ0n) is 10.8. The molecule has 0 aromatic rings. The maximum atomic E-state index is 12.5. The summed E-state index contributed by atoms with van der Waals surface area (Å²) >= 11 is 3.29. The largest absolute Gasteiger partial charge is 0.342 e. The van der Waals surface area contributed by atoms with Crippen LogP contribution in [0.15, 0.2) is 11.1 Å². The minimum Gasteiger partial charge on any atom is -0.342 e. The van der Waals surface area contributed by atoms with Gasteiger partial charge in [-0.15, -0.1) is 0 Å². The maximum Gasteiger partial charge on any atom is 0.246 e. The van der Waals surface area contributed by atoms with Crippen LogP contribution in [0.1, 0.15) is 26.7 Å². The Morgan fingerprint density at radius 1 is 1.50 bits per heavy atom. The van der Waals surface area contributed by atoms with Crippen molar-refractivity contribution in [1.82, 2.24) is 10.2 Å². The summed E-state index contributed by atoms with van der Waals surface area (Å²) in [6.45, 7) is 8.09. The highest BCUT2D eigenvalue weighted by molar-refractivity contribution is 9.11. The van der Waals surface area contributed by atoms with Gasteiger partial charge in [-0.05, 0) is 24.7 Å². The highest BCUT2D eigenvalue weighted by Crippen LogP contribution is 2.35. The van der Waals surface area contributed by atoms with Gasteiger partial charge in [-0.3, -0.25) is 9.59 Å². The molecule has 1 heterocycles. The quantitative estimate of drug-likeness (QED) is 0.858. The standard InChI is InChI=1S/C13H19BrN2O2/c1-7(2)11-12(17)15-10(9-4-5-9)13(18)16(11)6-8(3)14/h7,9-11H,3-6H2,1-2H3,(H,15,17). The lowest BCUT2D eigenvalue weighted by Gasteiger charge is -2.40. The van der Waals surface area contributed by atoms with E-state index >= 15 is 0 Å². The first-order chi connectivity index (χ1) is 8.41. The molecule has 2 atom stereocenters. The number of hydrogen-bond acceptors (Lipinski definition) is 2. The molecule has 2 fully saturated rings. The number of rotatable bonds is 4. The topological polar surface area (TPSA) is 49.4 Å². The van der Waals surface area contributed by atoms with Crippen LogP contribution in [-0.2, 0) is 9.59 Å². The van der Waals surface area contributed by atoms with E-state index in [-0.39, 0.29) is 29.8 Å². The Morgan fingerprint density at radius 3 is 2.56 bits per heavy atom. The molecule has 2 aliphatic rings. The van der Waals surface area contributed by atoms with Gasteiger partial charge < -0.3 is 10.2 Å². The molecule has 4 nitrogen and oxygen atoms in total. The predicted octanol–water partition coefficient (Wildman–Crippen LogP) is 1.66. The van der Waals surface area contributed by atoms with Crippen molar-refractivity contribution in [2.75, 3.05) is 6.54 Å². The summed E-state index contributed by atoms with van der Waals surface area (Å²) in [4.78, 5) is 26.3. The first-order valence-electron chi connectivity index (χ1n) is 6.36. The van der Waals surface area contributed by atoms with Crippen LogP contribution in [0.3, 0.4) is 0 Å². The van der Waals surface area contributed by atoms with E-state index in [1.807, 2.05) is 13.8 Å². The molecule has 0 aromatic carbocycles. The van der Waals surface area contributed by atoms with Gasteiger partial charge in [0, 0.05) is 4.48 Å². The molecule has 18 heavy (non-hydrogen) atoms. The molecule has 2 rings (SSSR count). The van der Waals surface area contributed by atoms with E-state index < -0.39 is 0 Å². The van der Waals surface area contributed by atoms with E-state index in [4.69, 9.17) is 0 Å². The lowest BCUT2D eigenvalue weighted by atomic mass is 9.95. The molecule has 1 saturated carbocycles. The Labute approximate surface area is 116 Å². The van der Waals surface area contributed by atoms with Crippen molar-refractivity contribution in [2.45, 2.75) is 38.8 Å². The number of amides is 2. The average Bonchev–Trinajstić information content (AvgIpc) is 3.05. The number of nitrogens with zero attached hydrogens (tertiary/aromatic N) is 1. The van der Waals surface area contributed by atoms with Gasteiger partial charge in [-0.25, -0.2) is 0 Å². The minimum absolute atomic E-state index is 0.0322. The fraction of sp³-hybridized carbons (Fsp3) is 0.692. The van der Waals surface area contributed by atoms with Gasteiger partial charge in [0.15, 0.2) is 0 Å². The number of piperazine rings is 1. The summed E-state index contributed by atoms with van der Waals surface area (Å²) in [5, 5.41) is 2.89. The number of carbonyl (C=O) groups is 2. The van der Waals surface area contributed by atoms with Gasteiger partial charge in [0.05, 0.1) is 6.54 Å². The summed E-state index contributed by atoms with van der Waals surface area (Å²) in [5.74, 6) is 0.438. The molecule has 0 radical (unpaired) electrons. The molecule has 0 bridgehead atoms. The number of carbonyl (C=O) groups excluding carboxylic acids is 2. The third-order valence-electron chi connectivity index (χ3n) is 3.52. The Hall–Kier alpha value is -0.840. The van der Waals surface area contributed by atoms with Crippen LogP contribution in [0.5, 0.6) is 0 Å². The van der Waals surface area contributed by atoms with Crippen molar-refractivity contribution in [3.63, 3.8) is 0 Å². The highest BCUT2D eigenvalue weighted by Gasteiger charge is 2.47. The normalized spacial score (nSPS) is 28.6. The SMILES string of the molecule is C=C(Br)CN1C(=O)C(C2CC2)NC(=O)C1C(C)C. The van der Waals surface area contributed by atoms with E-state index in [0.29, 0.717) is 12.5 Å². The lowest BCUT2D eigenvalue weighted by molar-refractivity contribution is -0.151. The molecule has 1 aliphatic carbocycles. The first kappa shape index (κ1) is 13.6. The van der Waals surface area contributed by atoms with Crippen molar-refractivity contribution in [1.29, 1.82) is 0 Å². The van der Waals surface area contributed by atoms with Gasteiger partial charge in [0.2, 0.25) is 11.8 Å². The zero-order chi connectivity index (χ0) is 13.4. The molecule has 100 valence electrons.